The zero-order chi connectivity index (χ0) is 8.97. The van der Waals surface area contributed by atoms with E-state index < -0.39 is 0 Å². The molecule has 2 rings (SSSR count). The molecule has 72 valence electrons. The summed E-state index contributed by atoms with van der Waals surface area (Å²) in [6, 6.07) is 0.977. The number of rotatable bonds is 0. The van der Waals surface area contributed by atoms with Crippen molar-refractivity contribution in [3.63, 3.8) is 0 Å². The Morgan fingerprint density at radius 2 is 2.00 bits per heavy atom. The Labute approximate surface area is 75.6 Å². The predicted molar refractivity (Wildman–Crippen MR) is 51.1 cm³/mol. The Morgan fingerprint density at radius 1 is 1.33 bits per heavy atom. The maximum absolute atomic E-state index is 7.57. The molecule has 2 nitrogen and oxygen atoms in total. The average molecular weight is 171 g/mol. The van der Waals surface area contributed by atoms with Gasteiger partial charge in [-0.25, -0.2) is 0 Å². The lowest BCUT2D eigenvalue weighted by molar-refractivity contribution is 0.298. The van der Waals surface area contributed by atoms with E-state index in [2.05, 4.69) is 11.8 Å². The fourth-order valence-electron chi connectivity index (χ4n) is 2.34. The van der Waals surface area contributed by atoms with Crippen molar-refractivity contribution in [1.29, 1.82) is 0 Å². The van der Waals surface area contributed by atoms with E-state index in [-0.39, 0.29) is 6.61 Å². The molecule has 0 saturated carbocycles. The van der Waals surface area contributed by atoms with Crippen molar-refractivity contribution >= 4 is 0 Å². The highest BCUT2D eigenvalue weighted by Crippen LogP contribution is 2.31. The normalized spacial score (nSPS) is 34.2. The molecule has 0 radical (unpaired) electrons. The molecule has 2 fully saturated rings. The summed E-state index contributed by atoms with van der Waals surface area (Å²) in [5.74, 6) is 0.993. The molecule has 0 amide bonds. The molecular formula is C10H21NO. The van der Waals surface area contributed by atoms with Gasteiger partial charge in [-0.05, 0) is 45.2 Å². The molecule has 0 aromatic heterocycles. The summed E-state index contributed by atoms with van der Waals surface area (Å²) in [6.45, 7) is 7.09. The van der Waals surface area contributed by atoms with Crippen LogP contribution in [0.3, 0.4) is 0 Å². The summed E-state index contributed by atoms with van der Waals surface area (Å²) in [5, 5.41) is 7.57. The van der Waals surface area contributed by atoms with E-state index in [9.17, 15) is 0 Å². The second kappa shape index (κ2) is 4.83. The number of aliphatic hydroxyl groups excluding tert-OH is 1. The summed E-state index contributed by atoms with van der Waals surface area (Å²) in [4.78, 5) is 2.66. The SMILES string of the molecule is CC1CCN2CCCC12.CCO. The number of fused-ring (bicyclic) bond motifs is 1. The molecule has 1 N–H and O–H groups in total. The average Bonchev–Trinajstić information content (AvgIpc) is 2.57. The molecule has 0 bridgehead atoms. The topological polar surface area (TPSA) is 23.5 Å². The first-order chi connectivity index (χ1) is 5.79. The van der Waals surface area contributed by atoms with Gasteiger partial charge in [-0.3, -0.25) is 0 Å². The van der Waals surface area contributed by atoms with Crippen molar-refractivity contribution < 1.29 is 5.11 Å². The maximum Gasteiger partial charge on any atom is 0.0402 e. The van der Waals surface area contributed by atoms with Gasteiger partial charge in [-0.2, -0.15) is 0 Å². The van der Waals surface area contributed by atoms with Gasteiger partial charge in [0.15, 0.2) is 0 Å². The third-order valence-electron chi connectivity index (χ3n) is 2.94. The predicted octanol–water partition coefficient (Wildman–Crippen LogP) is 1.49. The Hall–Kier alpha value is -0.0800. The fourth-order valence-corrected chi connectivity index (χ4v) is 2.34. The Bertz CT molecular complexity index is 127. The standard InChI is InChI=1S/C8H15N.C2H6O/c1-7-4-6-9-5-2-3-8(7)9;1-2-3/h7-8H,2-6H2,1H3;3H,2H2,1H3. The fraction of sp³-hybridized carbons (Fsp3) is 1.00. The smallest absolute Gasteiger partial charge is 0.0402 e. The summed E-state index contributed by atoms with van der Waals surface area (Å²) < 4.78 is 0. The van der Waals surface area contributed by atoms with Gasteiger partial charge in [0, 0.05) is 12.6 Å². The molecule has 12 heavy (non-hydrogen) atoms. The van der Waals surface area contributed by atoms with Crippen LogP contribution < -0.4 is 0 Å². The van der Waals surface area contributed by atoms with Gasteiger partial charge in [-0.15, -0.1) is 0 Å². The second-order valence-electron chi connectivity index (χ2n) is 3.83. The first-order valence-corrected chi connectivity index (χ1v) is 5.14. The van der Waals surface area contributed by atoms with Crippen LogP contribution in [-0.4, -0.2) is 35.7 Å². The van der Waals surface area contributed by atoms with E-state index in [1.54, 1.807) is 6.92 Å². The number of hydrogen-bond donors (Lipinski definition) is 1. The highest BCUT2D eigenvalue weighted by molar-refractivity contribution is 4.88. The Kier molecular flexibility index (Phi) is 4.02. The van der Waals surface area contributed by atoms with Crippen molar-refractivity contribution in [2.24, 2.45) is 5.92 Å². The van der Waals surface area contributed by atoms with Crippen molar-refractivity contribution in [2.45, 2.75) is 39.2 Å². The quantitative estimate of drug-likeness (QED) is 0.597. The molecule has 2 unspecified atom stereocenters. The Balaban J connectivity index is 0.000000213. The van der Waals surface area contributed by atoms with Gasteiger partial charge in [0.05, 0.1) is 0 Å². The van der Waals surface area contributed by atoms with Crippen molar-refractivity contribution in [3.05, 3.63) is 0 Å². The summed E-state index contributed by atoms with van der Waals surface area (Å²) in [5.41, 5.74) is 0. The molecule has 2 heteroatoms. The minimum atomic E-state index is 0.250. The van der Waals surface area contributed by atoms with Crippen LogP contribution in [0.15, 0.2) is 0 Å². The zero-order valence-electron chi connectivity index (χ0n) is 8.29. The van der Waals surface area contributed by atoms with E-state index in [0.717, 1.165) is 12.0 Å². The van der Waals surface area contributed by atoms with E-state index in [1.165, 1.54) is 32.4 Å². The molecule has 2 saturated heterocycles. The van der Waals surface area contributed by atoms with Crippen molar-refractivity contribution in [3.8, 4) is 0 Å². The lowest BCUT2D eigenvalue weighted by atomic mass is 10.0. The molecule has 2 heterocycles. The van der Waals surface area contributed by atoms with Crippen LogP contribution in [0.25, 0.3) is 0 Å². The van der Waals surface area contributed by atoms with Gasteiger partial charge in [0.25, 0.3) is 0 Å². The lowest BCUT2D eigenvalue weighted by Crippen LogP contribution is -2.24. The van der Waals surface area contributed by atoms with Crippen LogP contribution in [0, 0.1) is 5.92 Å². The van der Waals surface area contributed by atoms with Gasteiger partial charge >= 0.3 is 0 Å². The van der Waals surface area contributed by atoms with Crippen LogP contribution in [0.4, 0.5) is 0 Å². The molecule has 0 aliphatic carbocycles. The van der Waals surface area contributed by atoms with Gasteiger partial charge in [0.1, 0.15) is 0 Å². The molecule has 0 aromatic carbocycles. The van der Waals surface area contributed by atoms with Crippen LogP contribution in [0.2, 0.25) is 0 Å². The number of hydrogen-bond acceptors (Lipinski definition) is 2. The minimum Gasteiger partial charge on any atom is -0.397 e. The largest absolute Gasteiger partial charge is 0.397 e. The summed E-state index contributed by atoms with van der Waals surface area (Å²) in [6.07, 6.45) is 4.38. The maximum atomic E-state index is 7.57. The van der Waals surface area contributed by atoms with Gasteiger partial charge < -0.3 is 10.0 Å². The third-order valence-corrected chi connectivity index (χ3v) is 2.94. The first kappa shape index (κ1) is 10.0. The van der Waals surface area contributed by atoms with Crippen molar-refractivity contribution in [1.82, 2.24) is 4.90 Å². The van der Waals surface area contributed by atoms with E-state index >= 15 is 0 Å². The molecule has 2 atom stereocenters. The highest BCUT2D eigenvalue weighted by atomic mass is 16.2. The van der Waals surface area contributed by atoms with Crippen LogP contribution in [-0.2, 0) is 0 Å². The van der Waals surface area contributed by atoms with Crippen LogP contribution in [0.1, 0.15) is 33.1 Å². The second-order valence-corrected chi connectivity index (χ2v) is 3.83. The summed E-state index contributed by atoms with van der Waals surface area (Å²) >= 11 is 0. The third kappa shape index (κ3) is 2.20. The molecule has 0 aromatic rings. The number of nitrogens with zero attached hydrogens (tertiary/aromatic N) is 1. The van der Waals surface area contributed by atoms with Crippen molar-refractivity contribution in [2.75, 3.05) is 19.7 Å². The monoisotopic (exact) mass is 171 g/mol. The van der Waals surface area contributed by atoms with E-state index in [4.69, 9.17) is 5.11 Å². The minimum absolute atomic E-state index is 0.250. The molecular weight excluding hydrogens is 150 g/mol. The van der Waals surface area contributed by atoms with Gasteiger partial charge in [-0.1, -0.05) is 6.92 Å². The van der Waals surface area contributed by atoms with E-state index in [0.29, 0.717) is 0 Å². The highest BCUT2D eigenvalue weighted by Gasteiger charge is 2.33. The van der Waals surface area contributed by atoms with E-state index in [1.807, 2.05) is 0 Å². The zero-order valence-corrected chi connectivity index (χ0v) is 8.29. The molecule has 2 aliphatic rings. The van der Waals surface area contributed by atoms with Crippen LogP contribution >= 0.6 is 0 Å². The van der Waals surface area contributed by atoms with Crippen LogP contribution in [0.5, 0.6) is 0 Å². The number of aliphatic hydroxyl groups is 1. The molecule has 0 spiro atoms. The lowest BCUT2D eigenvalue weighted by Gasteiger charge is -2.16. The molecule has 2 aliphatic heterocycles. The summed E-state index contributed by atoms with van der Waals surface area (Å²) in [7, 11) is 0. The first-order valence-electron chi connectivity index (χ1n) is 5.14. The van der Waals surface area contributed by atoms with Gasteiger partial charge in [0.2, 0.25) is 0 Å². The Morgan fingerprint density at radius 3 is 2.58 bits per heavy atom.